The van der Waals surface area contributed by atoms with E-state index in [-0.39, 0.29) is 6.10 Å². The summed E-state index contributed by atoms with van der Waals surface area (Å²) in [5, 5.41) is 0. The minimum atomic E-state index is -3.44. The van der Waals surface area contributed by atoms with Gasteiger partial charge in [0, 0.05) is 26.2 Å². The van der Waals surface area contributed by atoms with E-state index in [1.165, 1.54) is 0 Å². The van der Waals surface area contributed by atoms with Crippen molar-refractivity contribution < 1.29 is 13.2 Å². The van der Waals surface area contributed by atoms with Crippen molar-refractivity contribution in [2.75, 3.05) is 31.1 Å². The van der Waals surface area contributed by atoms with Crippen molar-refractivity contribution in [3.63, 3.8) is 0 Å². The summed E-state index contributed by atoms with van der Waals surface area (Å²) in [6.45, 7) is 8.13. The van der Waals surface area contributed by atoms with E-state index in [1.54, 1.807) is 22.5 Å². The zero-order valence-electron chi connectivity index (χ0n) is 15.6. The van der Waals surface area contributed by atoms with Gasteiger partial charge in [0.1, 0.15) is 5.75 Å². The van der Waals surface area contributed by atoms with E-state index in [4.69, 9.17) is 4.74 Å². The van der Waals surface area contributed by atoms with Gasteiger partial charge in [-0.2, -0.15) is 4.31 Å². The van der Waals surface area contributed by atoms with Crippen LogP contribution in [0.1, 0.15) is 19.4 Å². The Morgan fingerprint density at radius 2 is 1.65 bits per heavy atom. The predicted octanol–water partition coefficient (Wildman–Crippen LogP) is 3.29. The number of sulfonamides is 1. The highest BCUT2D eigenvalue weighted by molar-refractivity contribution is 7.89. The monoisotopic (exact) mass is 374 g/mol. The Morgan fingerprint density at radius 1 is 0.962 bits per heavy atom. The van der Waals surface area contributed by atoms with Crippen LogP contribution in [0.3, 0.4) is 0 Å². The Balaban J connectivity index is 1.74. The Labute approximate surface area is 156 Å². The number of hydrogen-bond donors (Lipinski definition) is 0. The minimum absolute atomic E-state index is 0.0964. The van der Waals surface area contributed by atoms with E-state index < -0.39 is 10.0 Å². The van der Waals surface area contributed by atoms with Crippen LogP contribution >= 0.6 is 0 Å². The third kappa shape index (κ3) is 4.02. The van der Waals surface area contributed by atoms with Gasteiger partial charge in [0.15, 0.2) is 0 Å². The molecule has 2 aromatic carbocycles. The fraction of sp³-hybridized carbons (Fsp3) is 0.400. The lowest BCUT2D eigenvalue weighted by Gasteiger charge is -2.36. The van der Waals surface area contributed by atoms with Crippen LogP contribution in [0.15, 0.2) is 53.4 Å². The summed E-state index contributed by atoms with van der Waals surface area (Å²) in [4.78, 5) is 2.56. The number of rotatable bonds is 5. The van der Waals surface area contributed by atoms with E-state index in [2.05, 4.69) is 4.90 Å². The summed E-state index contributed by atoms with van der Waals surface area (Å²) in [5.41, 5.74) is 1.97. The number of benzene rings is 2. The molecule has 0 atom stereocenters. The Morgan fingerprint density at radius 3 is 2.31 bits per heavy atom. The molecule has 1 saturated heterocycles. The lowest BCUT2D eigenvalue weighted by atomic mass is 10.2. The van der Waals surface area contributed by atoms with Crippen LogP contribution in [0.25, 0.3) is 0 Å². The minimum Gasteiger partial charge on any atom is -0.489 e. The molecule has 0 amide bonds. The van der Waals surface area contributed by atoms with Crippen LogP contribution in [0.4, 0.5) is 5.69 Å². The molecule has 0 spiro atoms. The highest BCUT2D eigenvalue weighted by Gasteiger charge is 2.29. The number of nitrogens with zero attached hydrogens (tertiary/aromatic N) is 2. The second-order valence-corrected chi connectivity index (χ2v) is 8.78. The molecule has 3 rings (SSSR count). The van der Waals surface area contributed by atoms with E-state index in [0.29, 0.717) is 31.1 Å². The third-order valence-corrected chi connectivity index (χ3v) is 6.33. The van der Waals surface area contributed by atoms with Crippen molar-refractivity contribution in [2.45, 2.75) is 31.8 Å². The van der Waals surface area contributed by atoms with Crippen LogP contribution in [-0.4, -0.2) is 45.0 Å². The van der Waals surface area contributed by atoms with Crippen molar-refractivity contribution in [2.24, 2.45) is 0 Å². The number of ether oxygens (including phenoxy) is 1. The SMILES string of the molecule is Cc1cccc(S(=O)(=O)N2CCN(c3ccccc3OC(C)C)CC2)c1. The fourth-order valence-corrected chi connectivity index (χ4v) is 4.69. The van der Waals surface area contributed by atoms with Crippen molar-refractivity contribution in [3.8, 4) is 5.75 Å². The Hall–Kier alpha value is -2.05. The summed E-state index contributed by atoms with van der Waals surface area (Å²) in [6.07, 6.45) is 0.0964. The van der Waals surface area contributed by atoms with Gasteiger partial charge in [0.05, 0.1) is 16.7 Å². The molecule has 0 unspecified atom stereocenters. The maximum atomic E-state index is 12.9. The maximum absolute atomic E-state index is 12.9. The number of para-hydroxylation sites is 2. The molecule has 0 aromatic heterocycles. The first-order chi connectivity index (χ1) is 12.4. The highest BCUT2D eigenvalue weighted by atomic mass is 32.2. The van der Waals surface area contributed by atoms with Crippen molar-refractivity contribution >= 4 is 15.7 Å². The average Bonchev–Trinajstić information content (AvgIpc) is 2.62. The third-order valence-electron chi connectivity index (χ3n) is 4.43. The largest absolute Gasteiger partial charge is 0.489 e. The van der Waals surface area contributed by atoms with Gasteiger partial charge in [-0.05, 0) is 50.6 Å². The molecule has 26 heavy (non-hydrogen) atoms. The molecule has 6 heteroatoms. The Kier molecular flexibility index (Phi) is 5.53. The molecule has 2 aromatic rings. The van der Waals surface area contributed by atoms with Gasteiger partial charge in [-0.25, -0.2) is 8.42 Å². The van der Waals surface area contributed by atoms with E-state index in [1.807, 2.05) is 51.1 Å². The van der Waals surface area contributed by atoms with Gasteiger partial charge in [0.25, 0.3) is 0 Å². The summed E-state index contributed by atoms with van der Waals surface area (Å²) < 4.78 is 33.2. The van der Waals surface area contributed by atoms with Gasteiger partial charge < -0.3 is 9.64 Å². The van der Waals surface area contributed by atoms with Gasteiger partial charge in [-0.15, -0.1) is 0 Å². The van der Waals surface area contributed by atoms with Crippen LogP contribution in [0.5, 0.6) is 5.75 Å². The molecule has 1 fully saturated rings. The maximum Gasteiger partial charge on any atom is 0.243 e. The molecule has 5 nitrogen and oxygen atoms in total. The number of hydrogen-bond acceptors (Lipinski definition) is 4. The van der Waals surface area contributed by atoms with E-state index >= 15 is 0 Å². The summed E-state index contributed by atoms with van der Waals surface area (Å²) in [6, 6.07) is 15.0. The van der Waals surface area contributed by atoms with Crippen LogP contribution < -0.4 is 9.64 Å². The quantitative estimate of drug-likeness (QED) is 0.806. The molecule has 1 heterocycles. The van der Waals surface area contributed by atoms with Crippen molar-refractivity contribution in [3.05, 3.63) is 54.1 Å². The summed E-state index contributed by atoms with van der Waals surface area (Å²) in [5.74, 6) is 0.845. The number of aryl methyl sites for hydroxylation is 1. The summed E-state index contributed by atoms with van der Waals surface area (Å²) >= 11 is 0. The number of anilines is 1. The van der Waals surface area contributed by atoms with Gasteiger partial charge >= 0.3 is 0 Å². The molecule has 140 valence electrons. The van der Waals surface area contributed by atoms with Crippen LogP contribution in [-0.2, 0) is 10.0 Å². The molecule has 1 aliphatic rings. The van der Waals surface area contributed by atoms with Gasteiger partial charge in [-0.1, -0.05) is 24.3 Å². The fourth-order valence-electron chi connectivity index (χ4n) is 3.17. The normalized spacial score (nSPS) is 16.1. The Bertz CT molecular complexity index is 857. The molecule has 0 aliphatic carbocycles. The molecular weight excluding hydrogens is 348 g/mol. The first kappa shape index (κ1) is 18.7. The number of piperazine rings is 1. The van der Waals surface area contributed by atoms with E-state index in [9.17, 15) is 8.42 Å². The molecule has 0 bridgehead atoms. The van der Waals surface area contributed by atoms with Gasteiger partial charge in [0.2, 0.25) is 10.0 Å². The smallest absolute Gasteiger partial charge is 0.243 e. The summed E-state index contributed by atoms with van der Waals surface area (Å²) in [7, 11) is -3.44. The lowest BCUT2D eigenvalue weighted by Crippen LogP contribution is -2.48. The second-order valence-electron chi connectivity index (χ2n) is 6.84. The molecule has 0 saturated carbocycles. The second kappa shape index (κ2) is 7.68. The zero-order chi connectivity index (χ0) is 18.7. The highest BCUT2D eigenvalue weighted by Crippen LogP contribution is 2.30. The van der Waals surface area contributed by atoms with Crippen molar-refractivity contribution in [1.82, 2.24) is 4.31 Å². The van der Waals surface area contributed by atoms with Crippen LogP contribution in [0, 0.1) is 6.92 Å². The topological polar surface area (TPSA) is 49.9 Å². The van der Waals surface area contributed by atoms with E-state index in [0.717, 1.165) is 17.0 Å². The predicted molar refractivity (Wildman–Crippen MR) is 104 cm³/mol. The molecular formula is C20H26N2O3S. The molecule has 1 aliphatic heterocycles. The first-order valence-corrected chi connectivity index (χ1v) is 10.4. The van der Waals surface area contributed by atoms with Crippen LogP contribution in [0.2, 0.25) is 0 Å². The first-order valence-electron chi connectivity index (χ1n) is 8.95. The average molecular weight is 375 g/mol. The lowest BCUT2D eigenvalue weighted by molar-refractivity contribution is 0.242. The zero-order valence-corrected chi connectivity index (χ0v) is 16.4. The standard InChI is InChI=1S/C20H26N2O3S/c1-16(2)25-20-10-5-4-9-19(20)21-11-13-22(14-12-21)26(23,24)18-8-6-7-17(3)15-18/h4-10,15-16H,11-14H2,1-3H3. The molecule has 0 N–H and O–H groups in total. The molecule has 0 radical (unpaired) electrons. The van der Waals surface area contributed by atoms with Crippen molar-refractivity contribution in [1.29, 1.82) is 0 Å². The van der Waals surface area contributed by atoms with Gasteiger partial charge in [-0.3, -0.25) is 0 Å².